The highest BCUT2D eigenvalue weighted by molar-refractivity contribution is 6.31. The summed E-state index contributed by atoms with van der Waals surface area (Å²) >= 11 is 6.07. The lowest BCUT2D eigenvalue weighted by Crippen LogP contribution is -2.21. The average molecular weight is 253 g/mol. The fourth-order valence-corrected chi connectivity index (χ4v) is 2.85. The number of nitrogens with one attached hydrogen (secondary N) is 1. The Morgan fingerprint density at radius 1 is 1.47 bits per heavy atom. The average Bonchev–Trinajstić information content (AvgIpc) is 2.30. The molecule has 1 aliphatic carbocycles. The summed E-state index contributed by atoms with van der Waals surface area (Å²) in [4.78, 5) is 4.16. The Morgan fingerprint density at radius 3 is 3.06 bits per heavy atom. The number of nitrogens with zero attached hydrogens (tertiary/aromatic N) is 1. The summed E-state index contributed by atoms with van der Waals surface area (Å²) in [5, 5.41) is 4.03. The Bertz CT molecular complexity index is 378. The highest BCUT2D eigenvalue weighted by Gasteiger charge is 2.18. The Balaban J connectivity index is 1.90. The first-order valence-corrected chi connectivity index (χ1v) is 6.89. The fourth-order valence-electron chi connectivity index (χ4n) is 2.68. The molecular weight excluding hydrogens is 232 g/mol. The standard InChI is InChI=1S/C14H21ClN2/c1-10-4-3-5-12(6-10)9-16-13-7-11(2)8-17-14(13)15/h7-8,10,12,16H,3-6,9H2,1-2H3. The van der Waals surface area contributed by atoms with Crippen LogP contribution in [0, 0.1) is 18.8 Å². The van der Waals surface area contributed by atoms with E-state index < -0.39 is 0 Å². The van der Waals surface area contributed by atoms with Gasteiger partial charge in [0.2, 0.25) is 0 Å². The third kappa shape index (κ3) is 3.60. The SMILES string of the molecule is Cc1cnc(Cl)c(NCC2CCCC(C)C2)c1. The maximum atomic E-state index is 6.07. The molecule has 1 saturated carbocycles. The van der Waals surface area contributed by atoms with Gasteiger partial charge in [-0.3, -0.25) is 0 Å². The maximum Gasteiger partial charge on any atom is 0.152 e. The van der Waals surface area contributed by atoms with Gasteiger partial charge in [-0.05, 0) is 43.2 Å². The van der Waals surface area contributed by atoms with E-state index in [4.69, 9.17) is 11.6 Å². The van der Waals surface area contributed by atoms with Crippen LogP contribution in [0.25, 0.3) is 0 Å². The first kappa shape index (κ1) is 12.7. The number of aryl methyl sites for hydroxylation is 1. The summed E-state index contributed by atoms with van der Waals surface area (Å²) in [5.74, 6) is 1.66. The van der Waals surface area contributed by atoms with Crippen LogP contribution >= 0.6 is 11.6 Å². The summed E-state index contributed by atoms with van der Waals surface area (Å²) in [7, 11) is 0. The molecule has 1 aliphatic rings. The minimum absolute atomic E-state index is 0.583. The van der Waals surface area contributed by atoms with Crippen LogP contribution < -0.4 is 5.32 Å². The third-order valence-electron chi connectivity index (χ3n) is 3.60. The van der Waals surface area contributed by atoms with Gasteiger partial charge in [-0.1, -0.05) is 31.4 Å². The van der Waals surface area contributed by atoms with Crippen molar-refractivity contribution < 1.29 is 0 Å². The lowest BCUT2D eigenvalue weighted by molar-refractivity contribution is 0.293. The first-order valence-electron chi connectivity index (χ1n) is 6.51. The zero-order valence-corrected chi connectivity index (χ0v) is 11.4. The van der Waals surface area contributed by atoms with Crippen LogP contribution in [0.5, 0.6) is 0 Å². The molecule has 2 rings (SSSR count). The summed E-state index contributed by atoms with van der Waals surface area (Å²) in [6.07, 6.45) is 7.24. The predicted molar refractivity (Wildman–Crippen MR) is 73.6 cm³/mol. The molecule has 1 fully saturated rings. The van der Waals surface area contributed by atoms with Crippen LogP contribution in [0.3, 0.4) is 0 Å². The number of anilines is 1. The summed E-state index contributed by atoms with van der Waals surface area (Å²) in [5.41, 5.74) is 2.12. The van der Waals surface area contributed by atoms with Crippen molar-refractivity contribution in [1.82, 2.24) is 4.98 Å². The fraction of sp³-hybridized carbons (Fsp3) is 0.643. The lowest BCUT2D eigenvalue weighted by atomic mass is 9.82. The van der Waals surface area contributed by atoms with Gasteiger partial charge in [0.05, 0.1) is 5.69 Å². The largest absolute Gasteiger partial charge is 0.382 e. The maximum absolute atomic E-state index is 6.07. The minimum atomic E-state index is 0.583. The van der Waals surface area contributed by atoms with Gasteiger partial charge in [0.25, 0.3) is 0 Å². The molecular formula is C14H21ClN2. The van der Waals surface area contributed by atoms with E-state index in [1.807, 2.05) is 6.92 Å². The van der Waals surface area contributed by atoms with E-state index in [0.717, 1.165) is 29.6 Å². The molecule has 0 spiro atoms. The van der Waals surface area contributed by atoms with E-state index in [0.29, 0.717) is 5.15 Å². The van der Waals surface area contributed by atoms with Crippen LogP contribution in [-0.2, 0) is 0 Å². The van der Waals surface area contributed by atoms with Gasteiger partial charge >= 0.3 is 0 Å². The summed E-state index contributed by atoms with van der Waals surface area (Å²) in [6, 6.07) is 2.07. The Kier molecular flexibility index (Phi) is 4.27. The smallest absolute Gasteiger partial charge is 0.152 e. The van der Waals surface area contributed by atoms with Crippen molar-refractivity contribution in [2.45, 2.75) is 39.5 Å². The Morgan fingerprint density at radius 2 is 2.29 bits per heavy atom. The van der Waals surface area contributed by atoms with Crippen LogP contribution in [-0.4, -0.2) is 11.5 Å². The molecule has 0 amide bonds. The molecule has 0 bridgehead atoms. The number of hydrogen-bond acceptors (Lipinski definition) is 2. The zero-order chi connectivity index (χ0) is 12.3. The Hall–Kier alpha value is -0.760. The van der Waals surface area contributed by atoms with E-state index in [9.17, 15) is 0 Å². The first-order chi connectivity index (χ1) is 8.15. The molecule has 0 saturated heterocycles. The second-order valence-electron chi connectivity index (χ2n) is 5.37. The third-order valence-corrected chi connectivity index (χ3v) is 3.90. The molecule has 94 valence electrons. The van der Waals surface area contributed by atoms with Gasteiger partial charge < -0.3 is 5.32 Å². The lowest BCUT2D eigenvalue weighted by Gasteiger charge is -2.27. The molecule has 1 aromatic rings. The van der Waals surface area contributed by atoms with Crippen molar-refractivity contribution >= 4 is 17.3 Å². The van der Waals surface area contributed by atoms with E-state index >= 15 is 0 Å². The second kappa shape index (κ2) is 5.72. The van der Waals surface area contributed by atoms with Crippen molar-refractivity contribution in [1.29, 1.82) is 0 Å². The number of aromatic nitrogens is 1. The molecule has 2 unspecified atom stereocenters. The molecule has 3 heteroatoms. The van der Waals surface area contributed by atoms with Gasteiger partial charge in [0, 0.05) is 12.7 Å². The van der Waals surface area contributed by atoms with Gasteiger partial charge in [-0.15, -0.1) is 0 Å². The molecule has 1 heterocycles. The van der Waals surface area contributed by atoms with Crippen molar-refractivity contribution in [2.75, 3.05) is 11.9 Å². The topological polar surface area (TPSA) is 24.9 Å². The van der Waals surface area contributed by atoms with E-state index in [-0.39, 0.29) is 0 Å². The molecule has 0 radical (unpaired) electrons. The number of rotatable bonds is 3. The normalized spacial score (nSPS) is 24.6. The van der Waals surface area contributed by atoms with E-state index in [1.165, 1.54) is 25.7 Å². The van der Waals surface area contributed by atoms with Crippen molar-refractivity contribution in [3.63, 3.8) is 0 Å². The quantitative estimate of drug-likeness (QED) is 0.813. The van der Waals surface area contributed by atoms with E-state index in [1.54, 1.807) is 6.20 Å². The monoisotopic (exact) mass is 252 g/mol. The van der Waals surface area contributed by atoms with Crippen LogP contribution in [0.4, 0.5) is 5.69 Å². The van der Waals surface area contributed by atoms with Crippen molar-refractivity contribution in [3.05, 3.63) is 23.0 Å². The van der Waals surface area contributed by atoms with Gasteiger partial charge in [-0.25, -0.2) is 4.98 Å². The number of pyridine rings is 1. The number of halogens is 1. The summed E-state index contributed by atoms with van der Waals surface area (Å²) in [6.45, 7) is 5.42. The van der Waals surface area contributed by atoms with Crippen molar-refractivity contribution in [2.24, 2.45) is 11.8 Å². The van der Waals surface area contributed by atoms with Crippen LogP contribution in [0.2, 0.25) is 5.15 Å². The van der Waals surface area contributed by atoms with Gasteiger partial charge in [-0.2, -0.15) is 0 Å². The van der Waals surface area contributed by atoms with Crippen LogP contribution in [0.15, 0.2) is 12.3 Å². The molecule has 0 aromatic carbocycles. The molecule has 2 atom stereocenters. The summed E-state index contributed by atoms with van der Waals surface area (Å²) < 4.78 is 0. The zero-order valence-electron chi connectivity index (χ0n) is 10.7. The molecule has 2 nitrogen and oxygen atoms in total. The Labute approximate surface area is 109 Å². The molecule has 17 heavy (non-hydrogen) atoms. The second-order valence-corrected chi connectivity index (χ2v) is 5.73. The molecule has 1 N–H and O–H groups in total. The van der Waals surface area contributed by atoms with Gasteiger partial charge in [0.15, 0.2) is 5.15 Å². The predicted octanol–water partition coefficient (Wildman–Crippen LogP) is 4.28. The number of hydrogen-bond donors (Lipinski definition) is 1. The van der Waals surface area contributed by atoms with Gasteiger partial charge in [0.1, 0.15) is 0 Å². The minimum Gasteiger partial charge on any atom is -0.382 e. The van der Waals surface area contributed by atoms with E-state index in [2.05, 4.69) is 23.3 Å². The molecule has 0 aliphatic heterocycles. The highest BCUT2D eigenvalue weighted by atomic mass is 35.5. The molecule has 1 aromatic heterocycles. The van der Waals surface area contributed by atoms with Crippen molar-refractivity contribution in [3.8, 4) is 0 Å². The van der Waals surface area contributed by atoms with Crippen LogP contribution in [0.1, 0.15) is 38.2 Å². The highest BCUT2D eigenvalue weighted by Crippen LogP contribution is 2.29.